The van der Waals surface area contributed by atoms with E-state index in [0.717, 1.165) is 17.0 Å². The third kappa shape index (κ3) is 6.03. The van der Waals surface area contributed by atoms with E-state index < -0.39 is 33.3 Å². The van der Waals surface area contributed by atoms with Crippen molar-refractivity contribution in [3.63, 3.8) is 0 Å². The zero-order chi connectivity index (χ0) is 22.7. The Hall–Kier alpha value is -2.94. The van der Waals surface area contributed by atoms with E-state index in [1.165, 1.54) is 32.2 Å². The van der Waals surface area contributed by atoms with Crippen LogP contribution in [0.25, 0.3) is 0 Å². The number of sulfonamides is 1. The first-order valence-electron chi connectivity index (χ1n) is 9.15. The number of esters is 1. The molecule has 2 aromatic rings. The van der Waals surface area contributed by atoms with Crippen molar-refractivity contribution in [3.05, 3.63) is 59.4 Å². The van der Waals surface area contributed by atoms with Gasteiger partial charge in [-0.1, -0.05) is 12.1 Å². The van der Waals surface area contributed by atoms with Crippen LogP contribution >= 0.6 is 0 Å². The summed E-state index contributed by atoms with van der Waals surface area (Å²) in [7, 11) is -2.64. The second kappa shape index (κ2) is 8.83. The van der Waals surface area contributed by atoms with E-state index in [9.17, 15) is 22.4 Å². The average Bonchev–Trinajstić information content (AvgIpc) is 2.61. The Morgan fingerprint density at radius 1 is 1.13 bits per heavy atom. The Labute approximate surface area is 175 Å². The van der Waals surface area contributed by atoms with Crippen LogP contribution in [0.2, 0.25) is 0 Å². The van der Waals surface area contributed by atoms with Gasteiger partial charge in [-0.3, -0.25) is 14.3 Å². The summed E-state index contributed by atoms with van der Waals surface area (Å²) in [5.41, 5.74) is -0.409. The first-order valence-corrected chi connectivity index (χ1v) is 10.6. The molecule has 9 heteroatoms. The molecule has 0 aromatic heterocycles. The van der Waals surface area contributed by atoms with Gasteiger partial charge < -0.3 is 9.64 Å². The Balaban J connectivity index is 2.25. The fourth-order valence-electron chi connectivity index (χ4n) is 2.59. The van der Waals surface area contributed by atoms with Gasteiger partial charge in [0.05, 0.1) is 16.1 Å². The quantitative estimate of drug-likeness (QED) is 0.701. The summed E-state index contributed by atoms with van der Waals surface area (Å²) in [5, 5.41) is 0. The van der Waals surface area contributed by atoms with Crippen molar-refractivity contribution < 1.29 is 27.1 Å². The minimum absolute atomic E-state index is 0.0421. The van der Waals surface area contributed by atoms with Crippen LogP contribution < -0.4 is 4.72 Å². The number of hydrogen-bond acceptors (Lipinski definition) is 5. The molecule has 0 bridgehead atoms. The minimum atomic E-state index is -4.06. The van der Waals surface area contributed by atoms with Crippen molar-refractivity contribution in [3.8, 4) is 0 Å². The maximum atomic E-state index is 13.5. The molecule has 2 rings (SSSR count). The highest BCUT2D eigenvalue weighted by Crippen LogP contribution is 2.22. The van der Waals surface area contributed by atoms with E-state index in [-0.39, 0.29) is 28.3 Å². The third-order valence-corrected chi connectivity index (χ3v) is 5.34. The van der Waals surface area contributed by atoms with E-state index >= 15 is 0 Å². The van der Waals surface area contributed by atoms with Gasteiger partial charge in [0.2, 0.25) is 0 Å². The lowest BCUT2D eigenvalue weighted by Gasteiger charge is -2.23. The lowest BCUT2D eigenvalue weighted by molar-refractivity contribution is -0.155. The lowest BCUT2D eigenvalue weighted by atomic mass is 10.1. The zero-order valence-electron chi connectivity index (χ0n) is 17.5. The molecule has 0 aliphatic carbocycles. The SMILES string of the molecule is Cc1cc(S(=O)(=O)Nc2ccccc2C(=O)N(C)CC(=O)OC(C)(C)C)ccc1F. The molecule has 7 nitrogen and oxygen atoms in total. The number of likely N-dealkylation sites (N-methyl/N-ethyl adjacent to an activating group) is 1. The van der Waals surface area contributed by atoms with Gasteiger partial charge in [-0.25, -0.2) is 12.8 Å². The van der Waals surface area contributed by atoms with Crippen LogP contribution in [-0.2, 0) is 19.6 Å². The number of ether oxygens (including phenoxy) is 1. The molecular formula is C21H25FN2O5S. The second-order valence-electron chi connectivity index (χ2n) is 7.81. The van der Waals surface area contributed by atoms with Gasteiger partial charge in [0.1, 0.15) is 18.0 Å². The molecule has 162 valence electrons. The predicted molar refractivity (Wildman–Crippen MR) is 111 cm³/mol. The smallest absolute Gasteiger partial charge is 0.326 e. The summed E-state index contributed by atoms with van der Waals surface area (Å²) >= 11 is 0. The fraction of sp³-hybridized carbons (Fsp3) is 0.333. The van der Waals surface area contributed by atoms with E-state index in [0.29, 0.717) is 0 Å². The molecule has 0 unspecified atom stereocenters. The molecule has 0 fully saturated rings. The van der Waals surface area contributed by atoms with Crippen molar-refractivity contribution in [1.29, 1.82) is 0 Å². The van der Waals surface area contributed by atoms with Gasteiger partial charge in [-0.2, -0.15) is 0 Å². The van der Waals surface area contributed by atoms with Gasteiger partial charge in [0.15, 0.2) is 0 Å². The zero-order valence-corrected chi connectivity index (χ0v) is 18.3. The van der Waals surface area contributed by atoms with Crippen molar-refractivity contribution in [1.82, 2.24) is 4.90 Å². The highest BCUT2D eigenvalue weighted by atomic mass is 32.2. The average molecular weight is 437 g/mol. The molecule has 0 aliphatic rings. The Morgan fingerprint density at radius 3 is 2.37 bits per heavy atom. The standard InChI is InChI=1S/C21H25FN2O5S/c1-14-12-15(10-11-17(14)22)30(27,28)23-18-9-7-6-8-16(18)20(26)24(5)13-19(25)29-21(2,3)4/h6-12,23H,13H2,1-5H3. The fourth-order valence-corrected chi connectivity index (χ4v) is 3.76. The van der Waals surface area contributed by atoms with Crippen LogP contribution in [0, 0.1) is 12.7 Å². The molecule has 1 N–H and O–H groups in total. The van der Waals surface area contributed by atoms with Crippen LogP contribution in [0.4, 0.5) is 10.1 Å². The number of nitrogens with zero attached hydrogens (tertiary/aromatic N) is 1. The third-order valence-electron chi connectivity index (χ3n) is 3.97. The molecule has 0 atom stereocenters. The maximum Gasteiger partial charge on any atom is 0.326 e. The number of rotatable bonds is 6. The Bertz CT molecular complexity index is 1060. The number of benzene rings is 2. The topological polar surface area (TPSA) is 92.8 Å². The van der Waals surface area contributed by atoms with E-state index in [1.807, 2.05) is 0 Å². The van der Waals surface area contributed by atoms with Crippen LogP contribution in [0.5, 0.6) is 0 Å². The summed E-state index contributed by atoms with van der Waals surface area (Å²) in [6, 6.07) is 9.44. The molecule has 30 heavy (non-hydrogen) atoms. The number of hydrogen-bond donors (Lipinski definition) is 1. The first kappa shape index (κ1) is 23.3. The molecule has 0 heterocycles. The molecule has 0 aliphatic heterocycles. The summed E-state index contributed by atoms with van der Waals surface area (Å²) in [5.74, 6) is -1.67. The largest absolute Gasteiger partial charge is 0.459 e. The number of carbonyl (C=O) groups is 2. The van der Waals surface area contributed by atoms with Crippen LogP contribution in [0.3, 0.4) is 0 Å². The van der Waals surface area contributed by atoms with Crippen molar-refractivity contribution in [2.75, 3.05) is 18.3 Å². The number of nitrogens with one attached hydrogen (secondary N) is 1. The van der Waals surface area contributed by atoms with Crippen LogP contribution in [0.15, 0.2) is 47.4 Å². The molecular weight excluding hydrogens is 411 g/mol. The van der Waals surface area contributed by atoms with Crippen molar-refractivity contribution in [2.45, 2.75) is 38.2 Å². The highest BCUT2D eigenvalue weighted by Gasteiger charge is 2.24. The van der Waals surface area contributed by atoms with E-state index in [4.69, 9.17) is 4.74 Å². The normalized spacial score (nSPS) is 11.7. The monoisotopic (exact) mass is 436 g/mol. The second-order valence-corrected chi connectivity index (χ2v) is 9.49. The highest BCUT2D eigenvalue weighted by molar-refractivity contribution is 7.92. The molecule has 0 saturated carbocycles. The van der Waals surface area contributed by atoms with Crippen molar-refractivity contribution in [2.24, 2.45) is 0 Å². The van der Waals surface area contributed by atoms with Crippen LogP contribution in [0.1, 0.15) is 36.7 Å². The lowest BCUT2D eigenvalue weighted by Crippen LogP contribution is -2.36. The van der Waals surface area contributed by atoms with E-state index in [1.54, 1.807) is 32.9 Å². The summed E-state index contributed by atoms with van der Waals surface area (Å²) in [6.45, 7) is 6.31. The molecule has 0 saturated heterocycles. The first-order chi connectivity index (χ1) is 13.8. The Morgan fingerprint density at radius 2 is 1.77 bits per heavy atom. The number of carbonyl (C=O) groups excluding carboxylic acids is 2. The number of halogens is 1. The summed E-state index contributed by atoms with van der Waals surface area (Å²) in [6.07, 6.45) is 0. The van der Waals surface area contributed by atoms with Gasteiger partial charge >= 0.3 is 5.97 Å². The molecule has 0 spiro atoms. The number of aryl methyl sites for hydroxylation is 1. The Kier molecular flexibility index (Phi) is 6.87. The molecule has 1 amide bonds. The van der Waals surface area contributed by atoms with Gasteiger partial charge in [0, 0.05) is 7.05 Å². The van der Waals surface area contributed by atoms with E-state index in [2.05, 4.69) is 4.72 Å². The van der Waals surface area contributed by atoms with Crippen LogP contribution in [-0.4, -0.2) is 44.4 Å². The molecule has 2 aromatic carbocycles. The summed E-state index contributed by atoms with van der Waals surface area (Å²) < 4.78 is 46.5. The predicted octanol–water partition coefficient (Wildman–Crippen LogP) is 3.35. The van der Waals surface area contributed by atoms with Crippen molar-refractivity contribution >= 4 is 27.6 Å². The van der Waals surface area contributed by atoms with Gasteiger partial charge in [-0.05, 0) is 63.6 Å². The van der Waals surface area contributed by atoms with Gasteiger partial charge in [0.25, 0.3) is 15.9 Å². The maximum absolute atomic E-state index is 13.5. The molecule has 0 radical (unpaired) electrons. The number of amides is 1. The number of anilines is 1. The van der Waals surface area contributed by atoms with Gasteiger partial charge in [-0.15, -0.1) is 0 Å². The number of para-hydroxylation sites is 1. The summed E-state index contributed by atoms with van der Waals surface area (Å²) in [4.78, 5) is 25.8. The minimum Gasteiger partial charge on any atom is -0.459 e.